The zero-order chi connectivity index (χ0) is 13.8. The zero-order valence-electron chi connectivity index (χ0n) is 9.35. The molecule has 0 saturated carbocycles. The van der Waals surface area contributed by atoms with E-state index >= 15 is 0 Å². The summed E-state index contributed by atoms with van der Waals surface area (Å²) in [6.45, 7) is 0. The third-order valence-electron chi connectivity index (χ3n) is 2.96. The monoisotopic (exact) mass is 400 g/mol. The summed E-state index contributed by atoms with van der Waals surface area (Å²) in [6, 6.07) is 9.32. The van der Waals surface area contributed by atoms with Gasteiger partial charge in [0.05, 0.1) is 9.79 Å². The van der Waals surface area contributed by atoms with Crippen molar-refractivity contribution >= 4 is 47.5 Å². The second-order valence-electron chi connectivity index (χ2n) is 4.11. The average molecular weight is 402 g/mol. The second-order valence-corrected chi connectivity index (χ2v) is 7.83. The molecule has 2 aromatic rings. The molecule has 0 bridgehead atoms. The Bertz CT molecular complexity index is 764. The number of hydrogen-bond donors (Lipinski definition) is 0. The van der Waals surface area contributed by atoms with Gasteiger partial charge in [0.1, 0.15) is 0 Å². The van der Waals surface area contributed by atoms with Gasteiger partial charge in [0, 0.05) is 20.1 Å². The second kappa shape index (κ2) is 4.26. The van der Waals surface area contributed by atoms with Crippen LogP contribution in [0.3, 0.4) is 0 Å². The molecular formula is C13H6Br2O3S. The number of carbonyl (C=O) groups excluding carboxylic acids is 1. The molecule has 0 radical (unpaired) electrons. The fourth-order valence-electron chi connectivity index (χ4n) is 2.08. The van der Waals surface area contributed by atoms with Crippen LogP contribution in [0.5, 0.6) is 0 Å². The summed E-state index contributed by atoms with van der Waals surface area (Å²) in [6.07, 6.45) is 0. The van der Waals surface area contributed by atoms with Gasteiger partial charge in [-0.2, -0.15) is 0 Å². The number of ketones is 1. The molecule has 0 saturated heterocycles. The summed E-state index contributed by atoms with van der Waals surface area (Å²) in [7, 11) is -3.66. The lowest BCUT2D eigenvalue weighted by Gasteiger charge is -2.19. The minimum atomic E-state index is -3.66. The van der Waals surface area contributed by atoms with Gasteiger partial charge in [-0.15, -0.1) is 0 Å². The molecule has 1 heterocycles. The molecule has 0 aliphatic carbocycles. The molecule has 1 aliphatic rings. The molecule has 0 unspecified atom stereocenters. The van der Waals surface area contributed by atoms with Crippen LogP contribution in [0.4, 0.5) is 0 Å². The van der Waals surface area contributed by atoms with Crippen LogP contribution < -0.4 is 0 Å². The number of halogens is 2. The van der Waals surface area contributed by atoms with Gasteiger partial charge in [0.15, 0.2) is 5.78 Å². The van der Waals surface area contributed by atoms with Gasteiger partial charge in [-0.3, -0.25) is 4.79 Å². The molecule has 0 fully saturated rings. The Morgan fingerprint density at radius 1 is 0.789 bits per heavy atom. The third-order valence-corrected chi connectivity index (χ3v) is 5.78. The van der Waals surface area contributed by atoms with Crippen LogP contribution in [-0.4, -0.2) is 14.2 Å². The smallest absolute Gasteiger partial charge is 0.208 e. The van der Waals surface area contributed by atoms with Gasteiger partial charge >= 0.3 is 0 Å². The molecule has 0 N–H and O–H groups in total. The van der Waals surface area contributed by atoms with Crippen molar-refractivity contribution in [2.45, 2.75) is 9.79 Å². The predicted octanol–water partition coefficient (Wildman–Crippen LogP) is 3.59. The van der Waals surface area contributed by atoms with Crippen LogP contribution in [0.15, 0.2) is 55.1 Å². The first-order valence-corrected chi connectivity index (χ1v) is 8.37. The fourth-order valence-corrected chi connectivity index (χ4v) is 4.80. The fraction of sp³-hybridized carbons (Fsp3) is 0. The number of rotatable bonds is 0. The summed E-state index contributed by atoms with van der Waals surface area (Å²) in [5.41, 5.74) is 0.441. The largest absolute Gasteiger partial charge is 0.289 e. The zero-order valence-corrected chi connectivity index (χ0v) is 13.3. The van der Waals surface area contributed by atoms with Crippen LogP contribution in [0, 0.1) is 0 Å². The van der Waals surface area contributed by atoms with Crippen LogP contribution in [0.1, 0.15) is 15.9 Å². The number of hydrogen-bond acceptors (Lipinski definition) is 3. The Kier molecular flexibility index (Phi) is 2.92. The first-order valence-electron chi connectivity index (χ1n) is 5.30. The number of benzene rings is 2. The maximum absolute atomic E-state index is 12.6. The SMILES string of the molecule is O=C1c2ccc(Br)cc2S(=O)(=O)c2cc(Br)ccc21. The van der Waals surface area contributed by atoms with Crippen molar-refractivity contribution in [3.8, 4) is 0 Å². The molecule has 96 valence electrons. The molecule has 3 nitrogen and oxygen atoms in total. The summed E-state index contributed by atoms with van der Waals surface area (Å²) in [5, 5.41) is 0. The molecule has 2 aromatic carbocycles. The molecule has 0 amide bonds. The van der Waals surface area contributed by atoms with Crippen molar-refractivity contribution in [2.75, 3.05) is 0 Å². The Morgan fingerprint density at radius 2 is 1.21 bits per heavy atom. The molecule has 19 heavy (non-hydrogen) atoms. The van der Waals surface area contributed by atoms with Gasteiger partial charge in [-0.05, 0) is 36.4 Å². The third kappa shape index (κ3) is 1.89. The summed E-state index contributed by atoms with van der Waals surface area (Å²) in [4.78, 5) is 12.4. The normalized spacial score (nSPS) is 15.8. The Balaban J connectivity index is 2.44. The summed E-state index contributed by atoms with van der Waals surface area (Å²) in [5.74, 6) is -0.264. The summed E-state index contributed by atoms with van der Waals surface area (Å²) < 4.78 is 26.4. The molecule has 0 aromatic heterocycles. The van der Waals surface area contributed by atoms with E-state index in [1.54, 1.807) is 12.1 Å². The van der Waals surface area contributed by atoms with E-state index in [2.05, 4.69) is 31.9 Å². The topological polar surface area (TPSA) is 51.2 Å². The van der Waals surface area contributed by atoms with Crippen molar-refractivity contribution in [3.05, 3.63) is 56.5 Å². The van der Waals surface area contributed by atoms with Gasteiger partial charge in [-0.25, -0.2) is 8.42 Å². The van der Waals surface area contributed by atoms with E-state index < -0.39 is 9.84 Å². The van der Waals surface area contributed by atoms with Crippen LogP contribution in [0.25, 0.3) is 0 Å². The predicted molar refractivity (Wildman–Crippen MR) is 77.2 cm³/mol. The van der Waals surface area contributed by atoms with Crippen LogP contribution in [-0.2, 0) is 9.84 Å². The van der Waals surface area contributed by atoms with Crippen LogP contribution >= 0.6 is 31.9 Å². The van der Waals surface area contributed by atoms with E-state index in [1.165, 1.54) is 24.3 Å². The summed E-state index contributed by atoms with van der Waals surface area (Å²) >= 11 is 6.46. The lowest BCUT2D eigenvalue weighted by molar-refractivity contribution is 0.103. The molecule has 0 atom stereocenters. The van der Waals surface area contributed by atoms with Gasteiger partial charge in [-0.1, -0.05) is 31.9 Å². The van der Waals surface area contributed by atoms with Crippen molar-refractivity contribution in [3.63, 3.8) is 0 Å². The average Bonchev–Trinajstić information content (AvgIpc) is 2.36. The van der Waals surface area contributed by atoms with Gasteiger partial charge in [0.2, 0.25) is 9.84 Å². The number of carbonyl (C=O) groups is 1. The van der Waals surface area contributed by atoms with Crippen LogP contribution in [0.2, 0.25) is 0 Å². The minimum absolute atomic E-state index is 0.0532. The van der Waals surface area contributed by atoms with Gasteiger partial charge < -0.3 is 0 Å². The molecule has 1 aliphatic heterocycles. The molecule has 6 heteroatoms. The van der Waals surface area contributed by atoms with Gasteiger partial charge in [0.25, 0.3) is 0 Å². The molecule has 3 rings (SSSR count). The standard InChI is InChI=1S/C13H6Br2O3S/c14-7-1-3-9-11(5-7)19(17,18)12-6-8(15)2-4-10(12)13(9)16/h1-6H. The Hall–Kier alpha value is -0.980. The Morgan fingerprint density at radius 3 is 1.63 bits per heavy atom. The molecule has 0 spiro atoms. The van der Waals surface area contributed by atoms with Crippen molar-refractivity contribution < 1.29 is 13.2 Å². The maximum Gasteiger partial charge on any atom is 0.208 e. The van der Waals surface area contributed by atoms with Crippen molar-refractivity contribution in [2.24, 2.45) is 0 Å². The quantitative estimate of drug-likeness (QED) is 0.578. The van der Waals surface area contributed by atoms with E-state index in [4.69, 9.17) is 0 Å². The maximum atomic E-state index is 12.6. The highest BCUT2D eigenvalue weighted by atomic mass is 79.9. The highest BCUT2D eigenvalue weighted by molar-refractivity contribution is 9.10. The lowest BCUT2D eigenvalue weighted by atomic mass is 10.0. The first kappa shape index (κ1) is 13.0. The van der Waals surface area contributed by atoms with E-state index in [9.17, 15) is 13.2 Å². The highest BCUT2D eigenvalue weighted by Crippen LogP contribution is 2.36. The Labute approximate surface area is 126 Å². The minimum Gasteiger partial charge on any atom is -0.289 e. The number of fused-ring (bicyclic) bond motifs is 2. The first-order chi connectivity index (χ1) is 8.91. The number of sulfone groups is 1. The van der Waals surface area contributed by atoms with E-state index in [0.29, 0.717) is 8.95 Å². The van der Waals surface area contributed by atoms with Crippen molar-refractivity contribution in [1.82, 2.24) is 0 Å². The van der Waals surface area contributed by atoms with E-state index in [1.807, 2.05) is 0 Å². The lowest BCUT2D eigenvalue weighted by Crippen LogP contribution is -2.20. The molecular weight excluding hydrogens is 396 g/mol. The van der Waals surface area contributed by atoms with Crippen molar-refractivity contribution in [1.29, 1.82) is 0 Å². The van der Waals surface area contributed by atoms with E-state index in [0.717, 1.165) is 0 Å². The highest BCUT2D eigenvalue weighted by Gasteiger charge is 2.34. The van der Waals surface area contributed by atoms with E-state index in [-0.39, 0.29) is 26.7 Å².